The summed E-state index contributed by atoms with van der Waals surface area (Å²) in [6, 6.07) is 9.32. The number of carbonyl (C=O) groups excluding carboxylic acids is 1. The quantitative estimate of drug-likeness (QED) is 0.329. The Balaban J connectivity index is 1.43. The normalized spacial score (nSPS) is 15.6. The molecule has 1 amide bonds. The Hall–Kier alpha value is -4.48. The van der Waals surface area contributed by atoms with E-state index in [-0.39, 0.29) is 6.04 Å². The molecule has 0 bridgehead atoms. The first kappa shape index (κ1) is 24.2. The Bertz CT molecular complexity index is 1380. The van der Waals surface area contributed by atoms with E-state index in [4.69, 9.17) is 14.2 Å². The van der Waals surface area contributed by atoms with Crippen molar-refractivity contribution in [3.05, 3.63) is 54.2 Å². The lowest BCUT2D eigenvalue weighted by molar-refractivity contribution is 0.0636. The lowest BCUT2D eigenvalue weighted by Gasteiger charge is -2.24. The van der Waals surface area contributed by atoms with Gasteiger partial charge in [-0.2, -0.15) is 10.1 Å². The molecule has 3 N–H and O–H groups in total. The zero-order valence-corrected chi connectivity index (χ0v) is 21.1. The summed E-state index contributed by atoms with van der Waals surface area (Å²) in [5.74, 6) is 2.15. The van der Waals surface area contributed by atoms with Gasteiger partial charge in [0.25, 0.3) is 0 Å². The van der Waals surface area contributed by atoms with Gasteiger partial charge in [0.2, 0.25) is 5.95 Å². The Labute approximate surface area is 213 Å². The molecule has 4 aromatic heterocycles. The maximum Gasteiger partial charge on any atom is 0.412 e. The fourth-order valence-corrected chi connectivity index (χ4v) is 4.10. The van der Waals surface area contributed by atoms with Crippen LogP contribution in [0, 0.1) is 6.92 Å². The van der Waals surface area contributed by atoms with Gasteiger partial charge in [-0.1, -0.05) is 11.2 Å². The summed E-state index contributed by atoms with van der Waals surface area (Å²) >= 11 is 0. The number of nitrogens with zero attached hydrogens (tertiary/aromatic N) is 6. The van der Waals surface area contributed by atoms with Crippen LogP contribution in [0.15, 0.2) is 47.2 Å². The van der Waals surface area contributed by atoms with Crippen molar-refractivity contribution in [1.82, 2.24) is 30.3 Å². The van der Waals surface area contributed by atoms with Crippen molar-refractivity contribution in [1.29, 1.82) is 0 Å². The number of aryl methyl sites for hydroxylation is 1. The molecule has 4 aromatic rings. The molecule has 0 radical (unpaired) electrons. The van der Waals surface area contributed by atoms with Gasteiger partial charge in [-0.05, 0) is 52.7 Å². The van der Waals surface area contributed by atoms with Crippen LogP contribution in [-0.2, 0) is 4.74 Å². The fourth-order valence-electron chi connectivity index (χ4n) is 4.10. The molecule has 192 valence electrons. The summed E-state index contributed by atoms with van der Waals surface area (Å²) in [5.41, 5.74) is 2.03. The van der Waals surface area contributed by atoms with Gasteiger partial charge in [-0.15, -0.1) is 0 Å². The number of hydrogen-bond donors (Lipinski definition) is 3. The van der Waals surface area contributed by atoms with Crippen molar-refractivity contribution >= 4 is 29.4 Å². The molecular weight excluding hydrogens is 474 g/mol. The summed E-state index contributed by atoms with van der Waals surface area (Å²) in [4.78, 5) is 28.2. The topological polar surface area (TPSA) is 147 Å². The van der Waals surface area contributed by atoms with E-state index in [1.54, 1.807) is 33.2 Å². The van der Waals surface area contributed by atoms with Crippen LogP contribution in [0.2, 0.25) is 0 Å². The van der Waals surface area contributed by atoms with Crippen LogP contribution in [0.3, 0.4) is 0 Å². The number of aromatic nitrogens is 6. The molecule has 0 aliphatic carbocycles. The molecule has 0 spiro atoms. The number of ether oxygens (including phenoxy) is 1. The Morgan fingerprint density at radius 3 is 2.81 bits per heavy atom. The number of nitrogens with one attached hydrogen (secondary N) is 3. The highest BCUT2D eigenvalue weighted by Crippen LogP contribution is 2.37. The number of rotatable bonds is 6. The van der Waals surface area contributed by atoms with Crippen LogP contribution in [0.25, 0.3) is 11.4 Å². The van der Waals surface area contributed by atoms with Crippen molar-refractivity contribution in [2.24, 2.45) is 0 Å². The largest absolute Gasteiger partial charge is 0.444 e. The molecule has 1 aliphatic rings. The van der Waals surface area contributed by atoms with Crippen LogP contribution < -0.4 is 15.5 Å². The van der Waals surface area contributed by atoms with Crippen molar-refractivity contribution in [2.45, 2.75) is 52.2 Å². The molecular formula is C25H29N9O3. The predicted octanol–water partition coefficient (Wildman–Crippen LogP) is 4.99. The standard InChI is InChI=1S/C25H29N9O3/c1-15-12-21(32-31-15)29-22-18(28-24(35)36-25(2,3)4)14-27-23(30-22)34-11-7-9-19(34)20-13-17(33-37-20)16-8-5-6-10-26-16/h5-6,8,10,12-14,19H,7,9,11H2,1-4H3,(H,28,35)(H2,27,29,30,31,32). The molecule has 5 rings (SSSR count). The molecule has 12 nitrogen and oxygen atoms in total. The number of pyridine rings is 1. The smallest absolute Gasteiger partial charge is 0.412 e. The summed E-state index contributed by atoms with van der Waals surface area (Å²) in [5, 5.41) is 17.2. The summed E-state index contributed by atoms with van der Waals surface area (Å²) in [7, 11) is 0. The van der Waals surface area contributed by atoms with E-state index in [0.717, 1.165) is 36.5 Å². The molecule has 0 saturated carbocycles. The highest BCUT2D eigenvalue weighted by Gasteiger charge is 2.32. The second kappa shape index (κ2) is 9.88. The van der Waals surface area contributed by atoms with E-state index in [2.05, 4.69) is 40.9 Å². The van der Waals surface area contributed by atoms with Crippen LogP contribution in [0.5, 0.6) is 0 Å². The second-order valence-electron chi connectivity index (χ2n) is 9.80. The third-order valence-corrected chi connectivity index (χ3v) is 5.66. The molecule has 1 aliphatic heterocycles. The monoisotopic (exact) mass is 503 g/mol. The van der Waals surface area contributed by atoms with Crippen molar-refractivity contribution < 1.29 is 14.1 Å². The maximum absolute atomic E-state index is 12.5. The Morgan fingerprint density at radius 2 is 2.08 bits per heavy atom. The molecule has 5 heterocycles. The van der Waals surface area contributed by atoms with E-state index in [0.29, 0.717) is 29.0 Å². The predicted molar refractivity (Wildman–Crippen MR) is 138 cm³/mol. The first-order valence-electron chi connectivity index (χ1n) is 12.1. The Kier molecular flexibility index (Phi) is 6.47. The van der Waals surface area contributed by atoms with Crippen LogP contribution in [-0.4, -0.2) is 48.5 Å². The third kappa shape index (κ3) is 5.68. The van der Waals surface area contributed by atoms with Crippen LogP contribution >= 0.6 is 0 Å². The van der Waals surface area contributed by atoms with Crippen LogP contribution in [0.4, 0.5) is 28.1 Å². The molecule has 0 aromatic carbocycles. The minimum absolute atomic E-state index is 0.0879. The van der Waals surface area contributed by atoms with E-state index in [1.165, 1.54) is 0 Å². The average molecular weight is 504 g/mol. The Morgan fingerprint density at radius 1 is 1.22 bits per heavy atom. The van der Waals surface area contributed by atoms with Gasteiger partial charge < -0.3 is 19.5 Å². The molecule has 37 heavy (non-hydrogen) atoms. The molecule has 1 unspecified atom stereocenters. The number of hydrogen-bond acceptors (Lipinski definition) is 10. The lowest BCUT2D eigenvalue weighted by atomic mass is 10.1. The molecule has 1 atom stereocenters. The maximum atomic E-state index is 12.5. The van der Waals surface area contributed by atoms with E-state index in [1.807, 2.05) is 37.3 Å². The number of amides is 1. The number of H-pyrrole nitrogens is 1. The first-order chi connectivity index (χ1) is 17.7. The summed E-state index contributed by atoms with van der Waals surface area (Å²) < 4.78 is 11.1. The van der Waals surface area contributed by atoms with Crippen molar-refractivity contribution in [3.63, 3.8) is 0 Å². The lowest BCUT2D eigenvalue weighted by Crippen LogP contribution is -2.28. The fraction of sp³-hybridized carbons (Fsp3) is 0.360. The number of anilines is 4. The molecule has 1 fully saturated rings. The van der Waals surface area contributed by atoms with Crippen molar-refractivity contribution in [3.8, 4) is 11.4 Å². The minimum atomic E-state index is -0.647. The average Bonchev–Trinajstić information content (AvgIpc) is 3.60. The minimum Gasteiger partial charge on any atom is -0.444 e. The van der Waals surface area contributed by atoms with Gasteiger partial charge in [0, 0.05) is 30.6 Å². The highest BCUT2D eigenvalue weighted by molar-refractivity contribution is 5.89. The molecule has 1 saturated heterocycles. The van der Waals surface area contributed by atoms with Crippen molar-refractivity contribution in [2.75, 3.05) is 22.1 Å². The summed E-state index contributed by atoms with van der Waals surface area (Å²) in [6.07, 6.45) is 4.48. The van der Waals surface area contributed by atoms with E-state index < -0.39 is 11.7 Å². The summed E-state index contributed by atoms with van der Waals surface area (Å²) in [6.45, 7) is 8.04. The van der Waals surface area contributed by atoms with Gasteiger partial charge in [-0.3, -0.25) is 15.4 Å². The highest BCUT2D eigenvalue weighted by atomic mass is 16.6. The van der Waals surface area contributed by atoms with Gasteiger partial charge in [0.05, 0.1) is 17.9 Å². The van der Waals surface area contributed by atoms with Gasteiger partial charge in [-0.25, -0.2) is 9.78 Å². The van der Waals surface area contributed by atoms with E-state index in [9.17, 15) is 4.79 Å². The zero-order valence-electron chi connectivity index (χ0n) is 21.1. The van der Waals surface area contributed by atoms with Gasteiger partial charge >= 0.3 is 6.09 Å². The van der Waals surface area contributed by atoms with Gasteiger partial charge in [0.1, 0.15) is 17.0 Å². The molecule has 12 heteroatoms. The zero-order chi connectivity index (χ0) is 26.0. The van der Waals surface area contributed by atoms with Crippen LogP contribution in [0.1, 0.15) is 51.1 Å². The van der Waals surface area contributed by atoms with E-state index >= 15 is 0 Å². The first-order valence-corrected chi connectivity index (χ1v) is 12.1. The number of aromatic amines is 1. The number of carbonyl (C=O) groups is 1. The third-order valence-electron chi connectivity index (χ3n) is 5.66. The van der Waals surface area contributed by atoms with Gasteiger partial charge in [0.15, 0.2) is 17.4 Å². The second-order valence-corrected chi connectivity index (χ2v) is 9.80. The SMILES string of the molecule is Cc1cc(Nc2nc(N3CCCC3c3cc(-c4ccccn4)no3)ncc2NC(=O)OC(C)(C)C)n[nH]1.